The minimum atomic E-state index is -1.09. The Labute approximate surface area is 138 Å². The third-order valence-electron chi connectivity index (χ3n) is 4.59. The highest BCUT2D eigenvalue weighted by molar-refractivity contribution is 5.91. The fraction of sp³-hybridized carbons (Fsp3) is 0.778. The standard InChI is InChI=1S/C18H28O5/c19-13-18-12-15(17(21)23-18)10-8-6-4-2-1-3-5-7-9-11-16(20)22-14-18/h10,19H,1-9,11-14H2/b15-10-. The van der Waals surface area contributed by atoms with Gasteiger partial charge in [0.1, 0.15) is 6.61 Å². The smallest absolute Gasteiger partial charge is 0.334 e. The molecule has 2 aliphatic heterocycles. The molecule has 5 nitrogen and oxygen atoms in total. The van der Waals surface area contributed by atoms with E-state index in [0.29, 0.717) is 18.4 Å². The van der Waals surface area contributed by atoms with E-state index in [1.807, 2.05) is 6.08 Å². The molecule has 1 unspecified atom stereocenters. The molecule has 2 bridgehead atoms. The number of fused-ring (bicyclic) bond motifs is 2. The Morgan fingerprint density at radius 3 is 2.35 bits per heavy atom. The summed E-state index contributed by atoms with van der Waals surface area (Å²) in [5.41, 5.74) is -0.494. The first-order valence-corrected chi connectivity index (χ1v) is 8.84. The Balaban J connectivity index is 1.98. The summed E-state index contributed by atoms with van der Waals surface area (Å²) in [5, 5.41) is 9.60. The van der Waals surface area contributed by atoms with Gasteiger partial charge in [-0.25, -0.2) is 4.79 Å². The Morgan fingerprint density at radius 1 is 1.00 bits per heavy atom. The van der Waals surface area contributed by atoms with E-state index < -0.39 is 11.6 Å². The lowest BCUT2D eigenvalue weighted by Crippen LogP contribution is -2.39. The summed E-state index contributed by atoms with van der Waals surface area (Å²) in [6.07, 6.45) is 12.4. The van der Waals surface area contributed by atoms with Crippen molar-refractivity contribution in [1.82, 2.24) is 0 Å². The second-order valence-corrected chi connectivity index (χ2v) is 6.66. The van der Waals surface area contributed by atoms with Crippen LogP contribution in [0.15, 0.2) is 11.6 Å². The first-order chi connectivity index (χ1) is 11.2. The van der Waals surface area contributed by atoms with Gasteiger partial charge in [-0.15, -0.1) is 0 Å². The molecule has 0 spiro atoms. The van der Waals surface area contributed by atoms with Gasteiger partial charge in [-0.3, -0.25) is 4.79 Å². The fourth-order valence-corrected chi connectivity index (χ4v) is 3.12. The molecule has 0 amide bonds. The van der Waals surface area contributed by atoms with E-state index in [1.54, 1.807) is 0 Å². The number of ether oxygens (including phenoxy) is 2. The van der Waals surface area contributed by atoms with Gasteiger partial charge in [0.25, 0.3) is 0 Å². The lowest BCUT2D eigenvalue weighted by Gasteiger charge is -2.24. The van der Waals surface area contributed by atoms with Crippen molar-refractivity contribution in [3.05, 3.63) is 11.6 Å². The number of rotatable bonds is 1. The molecule has 2 heterocycles. The van der Waals surface area contributed by atoms with E-state index in [2.05, 4.69) is 0 Å². The predicted molar refractivity (Wildman–Crippen MR) is 85.7 cm³/mol. The van der Waals surface area contributed by atoms with E-state index in [9.17, 15) is 14.7 Å². The van der Waals surface area contributed by atoms with Crippen LogP contribution in [0.3, 0.4) is 0 Å². The van der Waals surface area contributed by atoms with Gasteiger partial charge >= 0.3 is 11.9 Å². The third-order valence-corrected chi connectivity index (χ3v) is 4.59. The Kier molecular flexibility index (Phi) is 7.09. The predicted octanol–water partition coefficient (Wildman–Crippen LogP) is 3.05. The number of aliphatic hydroxyl groups excluding tert-OH is 1. The fourth-order valence-electron chi connectivity index (χ4n) is 3.12. The average Bonchev–Trinajstić information content (AvgIpc) is 2.87. The van der Waals surface area contributed by atoms with Gasteiger partial charge in [-0.1, -0.05) is 44.6 Å². The summed E-state index contributed by atoms with van der Waals surface area (Å²) in [6.45, 7) is -0.394. The molecule has 0 saturated carbocycles. The summed E-state index contributed by atoms with van der Waals surface area (Å²) in [4.78, 5) is 23.7. The monoisotopic (exact) mass is 324 g/mol. The first kappa shape index (κ1) is 18.0. The van der Waals surface area contributed by atoms with Crippen LogP contribution in [0.4, 0.5) is 0 Å². The molecule has 130 valence electrons. The number of cyclic esters (lactones) is 1. The van der Waals surface area contributed by atoms with Crippen LogP contribution >= 0.6 is 0 Å². The van der Waals surface area contributed by atoms with Gasteiger partial charge in [-0.2, -0.15) is 0 Å². The molecule has 0 aromatic heterocycles. The van der Waals surface area contributed by atoms with Crippen molar-refractivity contribution >= 4 is 11.9 Å². The second-order valence-electron chi connectivity index (χ2n) is 6.66. The minimum Gasteiger partial charge on any atom is -0.461 e. The largest absolute Gasteiger partial charge is 0.461 e. The normalized spacial score (nSPS) is 30.7. The molecule has 5 heteroatoms. The summed E-state index contributed by atoms with van der Waals surface area (Å²) in [7, 11) is 0. The molecular weight excluding hydrogens is 296 g/mol. The van der Waals surface area contributed by atoms with Gasteiger partial charge < -0.3 is 14.6 Å². The van der Waals surface area contributed by atoms with Crippen LogP contribution in [0.1, 0.15) is 70.6 Å². The summed E-state index contributed by atoms with van der Waals surface area (Å²) >= 11 is 0. The van der Waals surface area contributed by atoms with Crippen molar-refractivity contribution in [3.8, 4) is 0 Å². The van der Waals surface area contributed by atoms with Gasteiger partial charge in [0, 0.05) is 18.4 Å². The van der Waals surface area contributed by atoms with Crippen LogP contribution < -0.4 is 0 Å². The molecule has 0 aromatic rings. The molecule has 0 aromatic carbocycles. The molecule has 1 N–H and O–H groups in total. The minimum absolute atomic E-state index is 0.0641. The van der Waals surface area contributed by atoms with Crippen molar-refractivity contribution in [1.29, 1.82) is 0 Å². The average molecular weight is 324 g/mol. The summed E-state index contributed by atoms with van der Waals surface area (Å²) in [5.74, 6) is -0.674. The van der Waals surface area contributed by atoms with Gasteiger partial charge in [0.05, 0.1) is 6.61 Å². The molecule has 1 saturated heterocycles. The Morgan fingerprint density at radius 2 is 1.65 bits per heavy atom. The topological polar surface area (TPSA) is 72.8 Å². The van der Waals surface area contributed by atoms with Crippen LogP contribution in [0, 0.1) is 0 Å². The number of hydrogen-bond acceptors (Lipinski definition) is 5. The summed E-state index contributed by atoms with van der Waals surface area (Å²) < 4.78 is 10.6. The van der Waals surface area contributed by atoms with Crippen LogP contribution in [0.5, 0.6) is 0 Å². The van der Waals surface area contributed by atoms with Crippen molar-refractivity contribution in [2.45, 2.75) is 76.2 Å². The highest BCUT2D eigenvalue weighted by Gasteiger charge is 2.44. The van der Waals surface area contributed by atoms with Crippen LogP contribution in [0.25, 0.3) is 0 Å². The van der Waals surface area contributed by atoms with E-state index in [4.69, 9.17) is 9.47 Å². The lowest BCUT2D eigenvalue weighted by atomic mass is 9.98. The quantitative estimate of drug-likeness (QED) is 0.751. The van der Waals surface area contributed by atoms with Crippen LogP contribution in [-0.4, -0.2) is 35.9 Å². The van der Waals surface area contributed by atoms with E-state index in [1.165, 1.54) is 25.7 Å². The maximum atomic E-state index is 12.0. The van der Waals surface area contributed by atoms with Crippen molar-refractivity contribution in [3.63, 3.8) is 0 Å². The molecule has 0 aliphatic carbocycles. The molecule has 23 heavy (non-hydrogen) atoms. The third kappa shape index (κ3) is 5.65. The zero-order valence-corrected chi connectivity index (χ0v) is 13.8. The Bertz CT molecular complexity index is 443. The van der Waals surface area contributed by atoms with Crippen molar-refractivity contribution < 1.29 is 24.2 Å². The Hall–Kier alpha value is -1.36. The van der Waals surface area contributed by atoms with Crippen molar-refractivity contribution in [2.24, 2.45) is 0 Å². The number of carbonyl (C=O) groups is 2. The highest BCUT2D eigenvalue weighted by Crippen LogP contribution is 2.31. The van der Waals surface area contributed by atoms with Crippen LogP contribution in [-0.2, 0) is 19.1 Å². The number of allylic oxidation sites excluding steroid dienone is 1. The summed E-state index contributed by atoms with van der Waals surface area (Å²) in [6, 6.07) is 0. The SMILES string of the molecule is O=C1CCCCCCCCCC/C=C2/CC(CO)(CO1)OC2=O. The van der Waals surface area contributed by atoms with E-state index in [-0.39, 0.29) is 19.2 Å². The van der Waals surface area contributed by atoms with Crippen molar-refractivity contribution in [2.75, 3.05) is 13.2 Å². The maximum Gasteiger partial charge on any atom is 0.334 e. The van der Waals surface area contributed by atoms with Crippen LogP contribution in [0.2, 0.25) is 0 Å². The number of aliphatic hydroxyl groups is 1. The maximum absolute atomic E-state index is 12.0. The molecule has 2 aliphatic rings. The number of carbonyl (C=O) groups excluding carboxylic acids is 2. The zero-order chi connectivity index (χ0) is 16.5. The molecule has 2 rings (SSSR count). The number of hydrogen-bond donors (Lipinski definition) is 1. The van der Waals surface area contributed by atoms with E-state index in [0.717, 1.165) is 32.1 Å². The second kappa shape index (κ2) is 9.06. The molecular formula is C18H28O5. The highest BCUT2D eigenvalue weighted by atomic mass is 16.6. The molecule has 0 radical (unpaired) electrons. The molecule has 1 atom stereocenters. The molecule has 1 fully saturated rings. The van der Waals surface area contributed by atoms with Gasteiger partial charge in [0.15, 0.2) is 5.60 Å². The number of esters is 2. The zero-order valence-electron chi connectivity index (χ0n) is 13.8. The van der Waals surface area contributed by atoms with E-state index >= 15 is 0 Å². The first-order valence-electron chi connectivity index (χ1n) is 8.84. The van der Waals surface area contributed by atoms with Gasteiger partial charge in [0.2, 0.25) is 0 Å². The lowest BCUT2D eigenvalue weighted by molar-refractivity contribution is -0.166. The van der Waals surface area contributed by atoms with Gasteiger partial charge in [-0.05, 0) is 19.3 Å².